The number of unbranched alkanes of at least 4 members (excludes halogenated alkanes) is 11. The van der Waals surface area contributed by atoms with Crippen LogP contribution in [0.15, 0.2) is 182 Å². The zero-order valence-corrected chi connectivity index (χ0v) is 53.0. The first kappa shape index (κ1) is 77.1. The summed E-state index contributed by atoms with van der Waals surface area (Å²) in [5.74, 6) is -0.888. The Bertz CT molecular complexity index is 2030. The number of quaternary nitrogens is 1. The molecule has 10 heteroatoms. The lowest BCUT2D eigenvalue weighted by Crippen LogP contribution is -2.37. The highest BCUT2D eigenvalue weighted by Gasteiger charge is 2.21. The van der Waals surface area contributed by atoms with E-state index in [0.717, 1.165) is 167 Å². The number of esters is 2. The molecule has 0 aliphatic carbocycles. The zero-order chi connectivity index (χ0) is 59.8. The molecule has 0 aromatic carbocycles. The highest BCUT2D eigenvalue weighted by atomic mass is 31.2. The van der Waals surface area contributed by atoms with E-state index in [-0.39, 0.29) is 26.1 Å². The van der Waals surface area contributed by atoms with Gasteiger partial charge < -0.3 is 27.9 Å². The third-order valence-corrected chi connectivity index (χ3v) is 13.4. The van der Waals surface area contributed by atoms with Crippen LogP contribution >= 0.6 is 7.82 Å². The minimum Gasteiger partial charge on any atom is -0.756 e. The summed E-state index contributed by atoms with van der Waals surface area (Å²) in [4.78, 5) is 37.9. The van der Waals surface area contributed by atoms with Crippen LogP contribution in [-0.2, 0) is 32.7 Å². The molecule has 2 atom stereocenters. The van der Waals surface area contributed by atoms with Crippen molar-refractivity contribution in [1.82, 2.24) is 0 Å². The molecule has 0 saturated heterocycles. The first-order chi connectivity index (χ1) is 40.0. The highest BCUT2D eigenvalue weighted by Crippen LogP contribution is 2.38. The van der Waals surface area contributed by atoms with Crippen LogP contribution in [0.4, 0.5) is 0 Å². The smallest absolute Gasteiger partial charge is 0.306 e. The van der Waals surface area contributed by atoms with Gasteiger partial charge in [0.2, 0.25) is 0 Å². The number of carbonyl (C=O) groups is 2. The second kappa shape index (κ2) is 60.7. The lowest BCUT2D eigenvalue weighted by atomic mass is 10.1. The van der Waals surface area contributed by atoms with Crippen LogP contribution in [0.1, 0.15) is 206 Å². The van der Waals surface area contributed by atoms with Crippen molar-refractivity contribution in [2.24, 2.45) is 0 Å². The summed E-state index contributed by atoms with van der Waals surface area (Å²) < 4.78 is 34.1. The maximum Gasteiger partial charge on any atom is 0.306 e. The third kappa shape index (κ3) is 64.3. The molecular weight excluding hydrogens is 1040 g/mol. The Hall–Kier alpha value is -4.89. The molecule has 0 bridgehead atoms. The fourth-order valence-electron chi connectivity index (χ4n) is 7.65. The molecule has 0 amide bonds. The van der Waals surface area contributed by atoms with Crippen LogP contribution in [0.25, 0.3) is 0 Å². The lowest BCUT2D eigenvalue weighted by Gasteiger charge is -2.28. The second-order valence-electron chi connectivity index (χ2n) is 21.3. The molecule has 0 spiro atoms. The number of ether oxygens (including phenoxy) is 2. The van der Waals surface area contributed by atoms with E-state index in [1.165, 1.54) is 0 Å². The van der Waals surface area contributed by atoms with Crippen molar-refractivity contribution in [3.63, 3.8) is 0 Å². The van der Waals surface area contributed by atoms with Gasteiger partial charge in [-0.05, 0) is 135 Å². The Morgan fingerprint density at radius 3 is 0.976 bits per heavy atom. The van der Waals surface area contributed by atoms with E-state index in [9.17, 15) is 19.0 Å². The summed E-state index contributed by atoms with van der Waals surface area (Å²) in [6.07, 6.45) is 93.8. The van der Waals surface area contributed by atoms with E-state index in [1.54, 1.807) is 0 Å². The maximum atomic E-state index is 12.8. The van der Waals surface area contributed by atoms with Gasteiger partial charge in [-0.25, -0.2) is 0 Å². The molecule has 0 fully saturated rings. The van der Waals surface area contributed by atoms with Crippen LogP contribution in [0.5, 0.6) is 0 Å². The molecule has 0 saturated carbocycles. The molecule has 0 aliphatic rings. The van der Waals surface area contributed by atoms with Gasteiger partial charge in [0.05, 0.1) is 27.7 Å². The van der Waals surface area contributed by atoms with Crippen LogP contribution in [0.3, 0.4) is 0 Å². The van der Waals surface area contributed by atoms with Gasteiger partial charge in [0.1, 0.15) is 19.8 Å². The molecular formula is C72H114NO8P. The van der Waals surface area contributed by atoms with Crippen LogP contribution in [-0.4, -0.2) is 70.0 Å². The van der Waals surface area contributed by atoms with Crippen LogP contribution < -0.4 is 4.89 Å². The summed E-state index contributed by atoms with van der Waals surface area (Å²) >= 11 is 0. The van der Waals surface area contributed by atoms with Crippen molar-refractivity contribution in [3.05, 3.63) is 182 Å². The number of likely N-dealkylation sites (N-methyl/N-ethyl adjacent to an activating group) is 1. The Morgan fingerprint density at radius 2 is 0.659 bits per heavy atom. The summed E-state index contributed by atoms with van der Waals surface area (Å²) in [5.41, 5.74) is 0. The van der Waals surface area contributed by atoms with E-state index in [0.29, 0.717) is 23.9 Å². The molecule has 0 heterocycles. The van der Waals surface area contributed by atoms with E-state index >= 15 is 0 Å². The fourth-order valence-corrected chi connectivity index (χ4v) is 8.38. The predicted octanol–water partition coefficient (Wildman–Crippen LogP) is 19.7. The molecule has 0 aromatic rings. The van der Waals surface area contributed by atoms with Gasteiger partial charge in [-0.3, -0.25) is 14.2 Å². The summed E-state index contributed by atoms with van der Waals surface area (Å²) in [7, 11) is 1.11. The molecule has 82 heavy (non-hydrogen) atoms. The molecule has 0 aliphatic heterocycles. The quantitative estimate of drug-likeness (QED) is 0.0195. The summed E-state index contributed by atoms with van der Waals surface area (Å²) in [6, 6.07) is 0. The monoisotopic (exact) mass is 1150 g/mol. The van der Waals surface area contributed by atoms with Crippen LogP contribution in [0, 0.1) is 0 Å². The van der Waals surface area contributed by atoms with Gasteiger partial charge in [0, 0.05) is 12.8 Å². The first-order valence-corrected chi connectivity index (χ1v) is 33.0. The minimum atomic E-state index is -4.66. The molecule has 0 radical (unpaired) electrons. The number of hydrogen-bond acceptors (Lipinski definition) is 8. The Kier molecular flexibility index (Phi) is 57.1. The van der Waals surface area contributed by atoms with Crippen molar-refractivity contribution >= 4 is 19.8 Å². The summed E-state index contributed by atoms with van der Waals surface area (Å²) in [6.45, 7) is 3.94. The minimum absolute atomic E-state index is 0.0482. The standard InChI is InChI=1S/C72H114NO8P/c1-6-8-10-12-14-16-18-20-22-24-26-27-28-29-30-31-32-33-34-35-36-37-38-39-40-41-42-43-44-45-47-49-51-53-55-57-59-61-63-65-72(75)81-70(69-80-82(76,77)79-67-66-73(3,4)5)68-78-71(74)64-62-60-58-56-54-52-50-48-46-25-23-21-19-17-15-13-11-9-7-2/h8-11,14-17,20-23,26-27,29-30,32-33,35-36,38-39,41-42,44-46,48-49,51,70H,6-7,12-13,18-19,24-25,28,31,34,37,40,43,47,50,52-69H2,1-5H3/b10-8-,11-9-,16-14-,17-15-,22-20-,23-21-,27-26-,30-29-,33-32-,36-35-,39-38-,42-41-,45-44-,48-46-,51-49-. The number of phosphoric acid groups is 1. The fraction of sp³-hybridized carbons (Fsp3) is 0.556. The highest BCUT2D eigenvalue weighted by molar-refractivity contribution is 7.45. The van der Waals surface area contributed by atoms with Crippen molar-refractivity contribution in [1.29, 1.82) is 0 Å². The topological polar surface area (TPSA) is 111 Å². The molecule has 460 valence electrons. The average molecular weight is 1150 g/mol. The van der Waals surface area contributed by atoms with Crippen molar-refractivity contribution < 1.29 is 42.1 Å². The van der Waals surface area contributed by atoms with Crippen LogP contribution in [0.2, 0.25) is 0 Å². The zero-order valence-electron chi connectivity index (χ0n) is 52.1. The average Bonchev–Trinajstić information content (AvgIpc) is 3.46. The molecule has 9 nitrogen and oxygen atoms in total. The number of carbonyl (C=O) groups excluding carboxylic acids is 2. The number of rotatable bonds is 55. The Labute approximate surface area is 501 Å². The van der Waals surface area contributed by atoms with Gasteiger partial charge in [0.25, 0.3) is 7.82 Å². The third-order valence-electron chi connectivity index (χ3n) is 12.4. The molecule has 2 unspecified atom stereocenters. The van der Waals surface area contributed by atoms with Gasteiger partial charge in [-0.2, -0.15) is 0 Å². The van der Waals surface area contributed by atoms with E-state index in [2.05, 4.69) is 196 Å². The number of hydrogen-bond donors (Lipinski definition) is 0. The summed E-state index contributed by atoms with van der Waals surface area (Å²) in [5, 5.41) is 0. The maximum absolute atomic E-state index is 12.8. The van der Waals surface area contributed by atoms with E-state index in [1.807, 2.05) is 21.1 Å². The predicted molar refractivity (Wildman–Crippen MR) is 350 cm³/mol. The van der Waals surface area contributed by atoms with Gasteiger partial charge in [-0.15, -0.1) is 0 Å². The lowest BCUT2D eigenvalue weighted by molar-refractivity contribution is -0.870. The van der Waals surface area contributed by atoms with Crippen molar-refractivity contribution in [2.45, 2.75) is 213 Å². The van der Waals surface area contributed by atoms with Gasteiger partial charge >= 0.3 is 11.9 Å². The molecule has 0 aromatic heterocycles. The van der Waals surface area contributed by atoms with Gasteiger partial charge in [0.15, 0.2) is 6.10 Å². The molecule has 0 N–H and O–H groups in total. The number of phosphoric ester groups is 1. The normalized spacial score (nSPS) is 14.5. The number of nitrogens with zero attached hydrogens (tertiary/aromatic N) is 1. The van der Waals surface area contributed by atoms with Crippen molar-refractivity contribution in [3.8, 4) is 0 Å². The van der Waals surface area contributed by atoms with E-state index < -0.39 is 32.5 Å². The Morgan fingerprint density at radius 1 is 0.378 bits per heavy atom. The molecule has 0 rings (SSSR count). The van der Waals surface area contributed by atoms with Gasteiger partial charge in [-0.1, -0.05) is 241 Å². The SMILES string of the molecule is CC/C=C\C/C=C\C/C=C\C/C=C\C/C=C\C/C=C\C/C=C\C/C=C\C/C=C\C/C=C\C/C=C\CCCCCCCC(=O)OC(COC(=O)CCCCCCCC/C=C\C/C=C\C/C=C\C/C=C\CC)COP(=O)([O-])OCC[N+](C)(C)C. The number of allylic oxidation sites excluding steroid dienone is 30. The first-order valence-electron chi connectivity index (χ1n) is 31.5. The van der Waals surface area contributed by atoms with E-state index in [4.69, 9.17) is 18.5 Å². The van der Waals surface area contributed by atoms with Crippen molar-refractivity contribution in [2.75, 3.05) is 47.5 Å². The Balaban J connectivity index is 4.23. The largest absolute Gasteiger partial charge is 0.756 e. The second-order valence-corrected chi connectivity index (χ2v) is 22.7.